The summed E-state index contributed by atoms with van der Waals surface area (Å²) in [6, 6.07) is 0. The molecule has 1 aromatic heterocycles. The van der Waals surface area contributed by atoms with E-state index in [0.717, 1.165) is 0 Å². The number of carboxylic acids is 1. The summed E-state index contributed by atoms with van der Waals surface area (Å²) in [5.41, 5.74) is 0.699. The summed E-state index contributed by atoms with van der Waals surface area (Å²) in [4.78, 5) is 21.1. The van der Waals surface area contributed by atoms with Crippen molar-refractivity contribution in [3.63, 3.8) is 0 Å². The summed E-state index contributed by atoms with van der Waals surface area (Å²) in [5.74, 6) is -0.958. The van der Waals surface area contributed by atoms with Crippen LogP contribution >= 0.6 is 11.3 Å². The second-order valence-corrected chi connectivity index (χ2v) is 4.39. The van der Waals surface area contributed by atoms with Crippen LogP contribution in [-0.2, 0) is 4.79 Å². The van der Waals surface area contributed by atoms with Gasteiger partial charge < -0.3 is 10.0 Å². The molecule has 0 amide bonds. The molecule has 5 nitrogen and oxygen atoms in total. The zero-order valence-electron chi connectivity index (χ0n) is 10.0. The lowest BCUT2D eigenvalue weighted by Crippen LogP contribution is -2.06. The molecule has 0 aliphatic rings. The summed E-state index contributed by atoms with van der Waals surface area (Å²) in [6.07, 6.45) is 3.94. The fraction of sp³-hybridized carbons (Fsp3) is 0.364. The zero-order chi connectivity index (χ0) is 12.8. The lowest BCUT2D eigenvalue weighted by atomic mass is 10.2. The van der Waals surface area contributed by atoms with Gasteiger partial charge in [0.1, 0.15) is 0 Å². The number of carbonyl (C=O) groups is 1. The van der Waals surface area contributed by atoms with Crippen molar-refractivity contribution in [2.45, 2.75) is 13.3 Å². The fourth-order valence-electron chi connectivity index (χ4n) is 1.12. The Bertz CT molecular complexity index is 449. The van der Waals surface area contributed by atoms with E-state index in [1.54, 1.807) is 22.7 Å². The van der Waals surface area contributed by atoms with E-state index in [0.29, 0.717) is 17.2 Å². The highest BCUT2D eigenvalue weighted by Crippen LogP contribution is 2.24. The second-order valence-electron chi connectivity index (χ2n) is 3.55. The molecule has 17 heavy (non-hydrogen) atoms. The van der Waals surface area contributed by atoms with Crippen molar-refractivity contribution in [3.05, 3.63) is 17.2 Å². The minimum Gasteiger partial charge on any atom is -0.478 e. The van der Waals surface area contributed by atoms with Crippen LogP contribution in [0.4, 0.5) is 5.13 Å². The van der Waals surface area contributed by atoms with E-state index in [-0.39, 0.29) is 5.57 Å². The van der Waals surface area contributed by atoms with Gasteiger partial charge in [0.2, 0.25) is 5.13 Å². The fourth-order valence-corrected chi connectivity index (χ4v) is 1.77. The molecule has 92 valence electrons. The number of aliphatic carboxylic acids is 1. The highest BCUT2D eigenvalue weighted by atomic mass is 32.1. The van der Waals surface area contributed by atoms with Crippen molar-refractivity contribution in [2.24, 2.45) is 4.99 Å². The predicted molar refractivity (Wildman–Crippen MR) is 69.9 cm³/mol. The SMILES string of the molecule is CC/C=C(/C(=O)O)c1csc(N=CN(C)C)n1. The molecule has 0 aromatic carbocycles. The summed E-state index contributed by atoms with van der Waals surface area (Å²) < 4.78 is 0. The van der Waals surface area contributed by atoms with Gasteiger partial charge in [-0.15, -0.1) is 11.3 Å². The third-order valence-electron chi connectivity index (χ3n) is 1.81. The van der Waals surface area contributed by atoms with Crippen molar-refractivity contribution >= 4 is 34.3 Å². The molecule has 0 unspecified atom stereocenters. The number of hydrogen-bond donors (Lipinski definition) is 1. The van der Waals surface area contributed by atoms with Gasteiger partial charge in [0.25, 0.3) is 0 Å². The molecule has 1 heterocycles. The monoisotopic (exact) mass is 253 g/mol. The van der Waals surface area contributed by atoms with E-state index in [2.05, 4.69) is 9.98 Å². The molecule has 0 saturated carbocycles. The predicted octanol–water partition coefficient (Wildman–Crippen LogP) is 2.24. The average Bonchev–Trinajstić information content (AvgIpc) is 2.71. The van der Waals surface area contributed by atoms with Crippen LogP contribution < -0.4 is 0 Å². The van der Waals surface area contributed by atoms with E-state index >= 15 is 0 Å². The van der Waals surface area contributed by atoms with Gasteiger partial charge in [-0.05, 0) is 6.42 Å². The first-order chi connectivity index (χ1) is 8.04. The van der Waals surface area contributed by atoms with Crippen LogP contribution in [0.15, 0.2) is 16.4 Å². The van der Waals surface area contributed by atoms with Gasteiger partial charge in [0.05, 0.1) is 17.6 Å². The Morgan fingerprint density at radius 1 is 1.65 bits per heavy atom. The Kier molecular flexibility index (Phi) is 4.84. The van der Waals surface area contributed by atoms with Crippen LogP contribution in [-0.4, -0.2) is 41.4 Å². The first kappa shape index (κ1) is 13.4. The second kappa shape index (κ2) is 6.15. The first-order valence-electron chi connectivity index (χ1n) is 5.14. The van der Waals surface area contributed by atoms with Crippen LogP contribution in [0.25, 0.3) is 5.57 Å². The molecule has 1 N–H and O–H groups in total. The number of nitrogens with zero attached hydrogens (tertiary/aromatic N) is 3. The maximum absolute atomic E-state index is 11.0. The van der Waals surface area contributed by atoms with E-state index in [1.165, 1.54) is 11.3 Å². The molecule has 0 saturated heterocycles. The van der Waals surface area contributed by atoms with Crippen LogP contribution in [0.5, 0.6) is 0 Å². The van der Waals surface area contributed by atoms with Gasteiger partial charge in [0.15, 0.2) is 0 Å². The molecule has 6 heteroatoms. The molecule has 0 radical (unpaired) electrons. The molecule has 0 aliphatic heterocycles. The van der Waals surface area contributed by atoms with E-state index in [1.807, 2.05) is 21.0 Å². The average molecular weight is 253 g/mol. The normalized spacial score (nSPS) is 12.1. The molecule has 0 atom stereocenters. The van der Waals surface area contributed by atoms with Crippen LogP contribution in [0.2, 0.25) is 0 Å². The summed E-state index contributed by atoms with van der Waals surface area (Å²) in [7, 11) is 3.72. The number of rotatable bonds is 5. The minimum atomic E-state index is -0.958. The topological polar surface area (TPSA) is 65.8 Å². The van der Waals surface area contributed by atoms with Crippen molar-refractivity contribution in [2.75, 3.05) is 14.1 Å². The maximum Gasteiger partial charge on any atom is 0.337 e. The Balaban J connectivity index is 2.93. The molecule has 0 fully saturated rings. The van der Waals surface area contributed by atoms with Gasteiger partial charge in [-0.1, -0.05) is 13.0 Å². The third-order valence-corrected chi connectivity index (χ3v) is 2.55. The number of carboxylic acid groups (broad SMARTS) is 1. The number of aromatic nitrogens is 1. The smallest absolute Gasteiger partial charge is 0.337 e. The van der Waals surface area contributed by atoms with E-state index in [9.17, 15) is 4.79 Å². The maximum atomic E-state index is 11.0. The Labute approximate surface area is 104 Å². The lowest BCUT2D eigenvalue weighted by Gasteiger charge is -2.00. The van der Waals surface area contributed by atoms with Crippen molar-refractivity contribution in [1.82, 2.24) is 9.88 Å². The molecule has 0 spiro atoms. The van der Waals surface area contributed by atoms with Gasteiger partial charge in [0, 0.05) is 19.5 Å². The van der Waals surface area contributed by atoms with Gasteiger partial charge in [-0.2, -0.15) is 0 Å². The molecule has 0 bridgehead atoms. The standard InChI is InChI=1S/C11H15N3O2S/c1-4-5-8(10(15)16)9-6-17-11(13-9)12-7-14(2)3/h5-7H,4H2,1-3H3,(H,15,16)/b8-5+,12-7?. The number of aliphatic imine (C=N–C) groups is 1. The zero-order valence-corrected chi connectivity index (χ0v) is 10.9. The van der Waals surface area contributed by atoms with Crippen molar-refractivity contribution in [1.29, 1.82) is 0 Å². The largest absolute Gasteiger partial charge is 0.478 e. The van der Waals surface area contributed by atoms with Gasteiger partial charge in [-0.25, -0.2) is 14.8 Å². The first-order valence-corrected chi connectivity index (χ1v) is 6.02. The molecule has 1 rings (SSSR count). The van der Waals surface area contributed by atoms with Crippen molar-refractivity contribution in [3.8, 4) is 0 Å². The Morgan fingerprint density at radius 3 is 2.88 bits per heavy atom. The Hall–Kier alpha value is -1.69. The van der Waals surface area contributed by atoms with Crippen LogP contribution in [0.1, 0.15) is 19.0 Å². The molecular weight excluding hydrogens is 238 g/mol. The molecule has 1 aromatic rings. The van der Waals surface area contributed by atoms with Gasteiger partial charge in [-0.3, -0.25) is 0 Å². The number of hydrogen-bond acceptors (Lipinski definition) is 4. The van der Waals surface area contributed by atoms with Crippen molar-refractivity contribution < 1.29 is 9.90 Å². The van der Waals surface area contributed by atoms with E-state index < -0.39 is 5.97 Å². The van der Waals surface area contributed by atoms with Gasteiger partial charge >= 0.3 is 5.97 Å². The van der Waals surface area contributed by atoms with Crippen LogP contribution in [0, 0.1) is 0 Å². The number of allylic oxidation sites excluding steroid dienone is 1. The summed E-state index contributed by atoms with van der Waals surface area (Å²) >= 11 is 1.32. The summed E-state index contributed by atoms with van der Waals surface area (Å²) in [6.45, 7) is 1.89. The van der Waals surface area contributed by atoms with Crippen LogP contribution in [0.3, 0.4) is 0 Å². The summed E-state index contributed by atoms with van der Waals surface area (Å²) in [5, 5.41) is 11.3. The number of thiazole rings is 1. The quantitative estimate of drug-likeness (QED) is 0.496. The highest BCUT2D eigenvalue weighted by molar-refractivity contribution is 7.13. The van der Waals surface area contributed by atoms with E-state index in [4.69, 9.17) is 5.11 Å². The third kappa shape index (κ3) is 3.99. The lowest BCUT2D eigenvalue weighted by molar-refractivity contribution is -0.130. The molecule has 0 aliphatic carbocycles. The Morgan fingerprint density at radius 2 is 2.35 bits per heavy atom. The minimum absolute atomic E-state index is 0.232. The highest BCUT2D eigenvalue weighted by Gasteiger charge is 2.13. The molecular formula is C11H15N3O2S.